The van der Waals surface area contributed by atoms with Crippen LogP contribution in [-0.2, 0) is 6.54 Å². The summed E-state index contributed by atoms with van der Waals surface area (Å²) >= 11 is 6.43. The minimum absolute atomic E-state index is 0.174. The topological polar surface area (TPSA) is 58.3 Å². The van der Waals surface area contributed by atoms with Gasteiger partial charge in [0.1, 0.15) is 0 Å². The molecule has 4 rings (SSSR count). The summed E-state index contributed by atoms with van der Waals surface area (Å²) in [5, 5.41) is 4.95. The quantitative estimate of drug-likeness (QED) is 0.600. The number of nitrogens with zero attached hydrogens (tertiary/aromatic N) is 5. The van der Waals surface area contributed by atoms with E-state index >= 15 is 0 Å². The molecule has 1 saturated heterocycles. The van der Waals surface area contributed by atoms with Crippen LogP contribution in [0.3, 0.4) is 0 Å². The van der Waals surface area contributed by atoms with Crippen LogP contribution >= 0.6 is 11.6 Å². The standard InChI is InChI=1S/C22H26ClN5O/c1-14-15(2)26-29-21(14)17-12-24-22(27(3)4)25-20(17)19-10-7-11-28(19)13-16-8-5-6-9-18(16)23/h5-6,8-9,12,19H,7,10-11,13H2,1-4H3. The van der Waals surface area contributed by atoms with Gasteiger partial charge in [-0.25, -0.2) is 9.97 Å². The highest BCUT2D eigenvalue weighted by Gasteiger charge is 2.32. The number of aryl methyl sites for hydroxylation is 1. The van der Waals surface area contributed by atoms with E-state index in [4.69, 9.17) is 21.1 Å². The van der Waals surface area contributed by atoms with Crippen molar-refractivity contribution in [3.8, 4) is 11.3 Å². The van der Waals surface area contributed by atoms with Gasteiger partial charge in [0.25, 0.3) is 0 Å². The lowest BCUT2D eigenvalue weighted by Gasteiger charge is -2.26. The third-order valence-electron chi connectivity index (χ3n) is 5.62. The van der Waals surface area contributed by atoms with Crippen molar-refractivity contribution in [1.29, 1.82) is 0 Å². The molecule has 0 amide bonds. The van der Waals surface area contributed by atoms with Gasteiger partial charge < -0.3 is 9.42 Å². The zero-order valence-corrected chi connectivity index (χ0v) is 18.1. The number of hydrogen-bond donors (Lipinski definition) is 0. The van der Waals surface area contributed by atoms with Gasteiger partial charge >= 0.3 is 0 Å². The molecular weight excluding hydrogens is 386 g/mol. The van der Waals surface area contributed by atoms with E-state index in [2.05, 4.69) is 21.1 Å². The van der Waals surface area contributed by atoms with Gasteiger partial charge in [0.15, 0.2) is 5.76 Å². The second kappa shape index (κ2) is 8.13. The second-order valence-electron chi connectivity index (χ2n) is 7.81. The van der Waals surface area contributed by atoms with E-state index in [1.54, 1.807) is 0 Å². The molecule has 3 aromatic rings. The summed E-state index contributed by atoms with van der Waals surface area (Å²) in [6.07, 6.45) is 4.02. The molecule has 1 fully saturated rings. The Balaban J connectivity index is 1.76. The lowest BCUT2D eigenvalue weighted by atomic mass is 10.0. The van der Waals surface area contributed by atoms with Crippen molar-refractivity contribution in [3.63, 3.8) is 0 Å². The molecular formula is C22H26ClN5O. The fourth-order valence-electron chi connectivity index (χ4n) is 3.87. The first-order chi connectivity index (χ1) is 14.0. The minimum Gasteiger partial charge on any atom is -0.356 e. The first-order valence-corrected chi connectivity index (χ1v) is 10.3. The minimum atomic E-state index is 0.174. The van der Waals surface area contributed by atoms with E-state index in [1.165, 1.54) is 0 Å². The summed E-state index contributed by atoms with van der Waals surface area (Å²) in [5.74, 6) is 1.45. The first kappa shape index (κ1) is 19.9. The fourth-order valence-corrected chi connectivity index (χ4v) is 4.06. The highest BCUT2D eigenvalue weighted by Crippen LogP contribution is 2.39. The monoisotopic (exact) mass is 411 g/mol. The van der Waals surface area contributed by atoms with E-state index in [-0.39, 0.29) is 6.04 Å². The highest BCUT2D eigenvalue weighted by atomic mass is 35.5. The van der Waals surface area contributed by atoms with E-state index in [0.29, 0.717) is 5.95 Å². The summed E-state index contributed by atoms with van der Waals surface area (Å²) in [7, 11) is 3.91. The molecule has 29 heavy (non-hydrogen) atoms. The van der Waals surface area contributed by atoms with E-state index in [0.717, 1.165) is 64.8 Å². The van der Waals surface area contributed by atoms with Crippen LogP contribution in [0, 0.1) is 13.8 Å². The van der Waals surface area contributed by atoms with Gasteiger partial charge in [-0.15, -0.1) is 0 Å². The molecule has 1 unspecified atom stereocenters. The van der Waals surface area contributed by atoms with Crippen molar-refractivity contribution in [2.75, 3.05) is 25.5 Å². The molecule has 152 valence electrons. The maximum atomic E-state index is 6.43. The summed E-state index contributed by atoms with van der Waals surface area (Å²) < 4.78 is 5.67. The molecule has 0 bridgehead atoms. The zero-order valence-electron chi connectivity index (χ0n) is 17.3. The maximum Gasteiger partial charge on any atom is 0.225 e. The molecule has 0 N–H and O–H groups in total. The van der Waals surface area contributed by atoms with Gasteiger partial charge in [-0.2, -0.15) is 0 Å². The molecule has 0 radical (unpaired) electrons. The fraction of sp³-hybridized carbons (Fsp3) is 0.409. The Morgan fingerprint density at radius 1 is 1.24 bits per heavy atom. The van der Waals surface area contributed by atoms with Gasteiger partial charge in [-0.05, 0) is 44.9 Å². The molecule has 3 heterocycles. The van der Waals surface area contributed by atoms with Crippen molar-refractivity contribution in [1.82, 2.24) is 20.0 Å². The summed E-state index contributed by atoms with van der Waals surface area (Å²) in [5.41, 5.74) is 4.97. The van der Waals surface area contributed by atoms with Crippen molar-refractivity contribution in [2.24, 2.45) is 0 Å². The Kier molecular flexibility index (Phi) is 5.56. The van der Waals surface area contributed by atoms with Crippen LogP contribution in [0.2, 0.25) is 5.02 Å². The SMILES string of the molecule is Cc1noc(-c2cnc(N(C)C)nc2C2CCCN2Cc2ccccc2Cl)c1C. The van der Waals surface area contributed by atoms with Gasteiger partial charge in [0.05, 0.1) is 23.0 Å². The number of aromatic nitrogens is 3. The third-order valence-corrected chi connectivity index (χ3v) is 5.99. The van der Waals surface area contributed by atoms with Crippen molar-refractivity contribution < 1.29 is 4.52 Å². The zero-order chi connectivity index (χ0) is 20.5. The van der Waals surface area contributed by atoms with Crippen molar-refractivity contribution in [2.45, 2.75) is 39.3 Å². The lowest BCUT2D eigenvalue weighted by molar-refractivity contribution is 0.244. The van der Waals surface area contributed by atoms with Crippen molar-refractivity contribution in [3.05, 3.63) is 58.0 Å². The normalized spacial score (nSPS) is 17.1. The predicted octanol–water partition coefficient (Wildman–Crippen LogP) is 4.80. The Labute approximate surface area is 176 Å². The first-order valence-electron chi connectivity index (χ1n) is 9.90. The Hall–Kier alpha value is -2.44. The molecule has 1 atom stereocenters. The average molecular weight is 412 g/mol. The molecule has 0 saturated carbocycles. The number of halogens is 1. The van der Waals surface area contributed by atoms with Gasteiger partial charge in [0.2, 0.25) is 5.95 Å². The van der Waals surface area contributed by atoms with Crippen molar-refractivity contribution >= 4 is 17.5 Å². The Morgan fingerprint density at radius 2 is 2.03 bits per heavy atom. The van der Waals surface area contributed by atoms with Crippen LogP contribution in [-0.4, -0.2) is 40.7 Å². The van der Waals surface area contributed by atoms with Gasteiger partial charge in [0, 0.05) is 37.4 Å². The molecule has 0 aliphatic carbocycles. The number of anilines is 1. The molecule has 0 spiro atoms. The van der Waals surface area contributed by atoms with Gasteiger partial charge in [-0.1, -0.05) is 35.0 Å². The molecule has 1 aliphatic rings. The number of benzene rings is 1. The van der Waals surface area contributed by atoms with Gasteiger partial charge in [-0.3, -0.25) is 4.90 Å². The van der Waals surface area contributed by atoms with E-state index < -0.39 is 0 Å². The number of hydrogen-bond acceptors (Lipinski definition) is 6. The van der Waals surface area contributed by atoms with E-state index in [9.17, 15) is 0 Å². The molecule has 7 heteroatoms. The molecule has 6 nitrogen and oxygen atoms in total. The second-order valence-corrected chi connectivity index (χ2v) is 8.21. The maximum absolute atomic E-state index is 6.43. The van der Waals surface area contributed by atoms with Crippen LogP contribution in [0.25, 0.3) is 11.3 Å². The lowest BCUT2D eigenvalue weighted by Crippen LogP contribution is -2.25. The van der Waals surface area contributed by atoms with Crippen LogP contribution in [0.5, 0.6) is 0 Å². The number of rotatable bonds is 5. The van der Waals surface area contributed by atoms with E-state index in [1.807, 2.05) is 57.2 Å². The third kappa shape index (κ3) is 3.87. The Bertz CT molecular complexity index is 1020. The molecule has 1 aromatic carbocycles. The average Bonchev–Trinajstić information content (AvgIpc) is 3.30. The molecule has 1 aliphatic heterocycles. The molecule has 2 aromatic heterocycles. The smallest absolute Gasteiger partial charge is 0.225 e. The Morgan fingerprint density at radius 3 is 2.72 bits per heavy atom. The predicted molar refractivity (Wildman–Crippen MR) is 115 cm³/mol. The largest absolute Gasteiger partial charge is 0.356 e. The summed E-state index contributed by atoms with van der Waals surface area (Å²) in [6.45, 7) is 5.78. The van der Waals surface area contributed by atoms with Crippen LogP contribution in [0.4, 0.5) is 5.95 Å². The van der Waals surface area contributed by atoms with Crippen LogP contribution < -0.4 is 4.90 Å². The summed E-state index contributed by atoms with van der Waals surface area (Å²) in [6, 6.07) is 8.21. The number of likely N-dealkylation sites (tertiary alicyclic amines) is 1. The van der Waals surface area contributed by atoms with Crippen LogP contribution in [0.15, 0.2) is 35.0 Å². The van der Waals surface area contributed by atoms with Crippen LogP contribution in [0.1, 0.15) is 41.4 Å². The summed E-state index contributed by atoms with van der Waals surface area (Å²) in [4.78, 5) is 13.9. The highest BCUT2D eigenvalue weighted by molar-refractivity contribution is 6.31.